The van der Waals surface area contributed by atoms with Crippen LogP contribution < -0.4 is 22.1 Å². The largest absolute Gasteiger partial charge is 0.371 e. The third-order valence-electron chi connectivity index (χ3n) is 3.73. The molecule has 1 amide bonds. The number of hydrogen-bond acceptors (Lipinski definition) is 5. The quantitative estimate of drug-likeness (QED) is 0.494. The summed E-state index contributed by atoms with van der Waals surface area (Å²) in [5.41, 5.74) is 16.9. The Morgan fingerprint density at radius 2 is 1.87 bits per heavy atom. The molecule has 6 N–H and O–H groups in total. The number of aliphatic imine (C=N–C) groups is 1. The van der Waals surface area contributed by atoms with Crippen molar-refractivity contribution in [2.45, 2.75) is 23.8 Å². The number of amides is 1. The maximum atomic E-state index is 12.0. The third-order valence-corrected chi connectivity index (χ3v) is 4.87. The first-order valence-corrected chi connectivity index (χ1v) is 9.06. The Labute approximate surface area is 135 Å². The van der Waals surface area contributed by atoms with E-state index in [-0.39, 0.29) is 16.5 Å². The van der Waals surface area contributed by atoms with Gasteiger partial charge < -0.3 is 22.1 Å². The highest BCUT2D eigenvalue weighted by Gasteiger charge is 2.22. The first-order chi connectivity index (χ1) is 10.7. The van der Waals surface area contributed by atoms with Gasteiger partial charge in [-0.3, -0.25) is 4.79 Å². The molecule has 0 spiro atoms. The summed E-state index contributed by atoms with van der Waals surface area (Å²) in [6, 6.07) is 4.79. The van der Waals surface area contributed by atoms with Crippen LogP contribution in [0.4, 0.5) is 5.69 Å². The van der Waals surface area contributed by atoms with Crippen molar-refractivity contribution in [3.05, 3.63) is 23.8 Å². The normalized spacial score (nSPS) is 16.2. The second kappa shape index (κ2) is 6.55. The molecular weight excluding hydrogens is 318 g/mol. The van der Waals surface area contributed by atoms with E-state index in [1.54, 1.807) is 6.07 Å². The zero-order valence-electron chi connectivity index (χ0n) is 12.9. The summed E-state index contributed by atoms with van der Waals surface area (Å²) in [4.78, 5) is 17.4. The maximum absolute atomic E-state index is 12.0. The van der Waals surface area contributed by atoms with Crippen LogP contribution in [-0.2, 0) is 9.84 Å². The van der Waals surface area contributed by atoms with Gasteiger partial charge in [-0.25, -0.2) is 8.42 Å². The topological polar surface area (TPSA) is 145 Å². The Kier molecular flexibility index (Phi) is 4.90. The summed E-state index contributed by atoms with van der Waals surface area (Å²) < 4.78 is 24.1. The van der Waals surface area contributed by atoms with Gasteiger partial charge in [-0.05, 0) is 31.0 Å². The fourth-order valence-electron chi connectivity index (χ4n) is 2.53. The van der Waals surface area contributed by atoms with E-state index >= 15 is 0 Å². The summed E-state index contributed by atoms with van der Waals surface area (Å²) in [5.74, 6) is -1.19. The van der Waals surface area contributed by atoms with E-state index in [4.69, 9.17) is 17.2 Å². The summed E-state index contributed by atoms with van der Waals surface area (Å²) in [6.45, 7) is 1.48. The lowest BCUT2D eigenvalue weighted by molar-refractivity contribution is 0.0999. The molecule has 126 valence electrons. The lowest BCUT2D eigenvalue weighted by atomic mass is 10.0. The highest BCUT2D eigenvalue weighted by Crippen LogP contribution is 2.26. The predicted molar refractivity (Wildman–Crippen MR) is 89.1 cm³/mol. The summed E-state index contributed by atoms with van der Waals surface area (Å²) >= 11 is 0. The molecule has 1 aromatic rings. The van der Waals surface area contributed by atoms with Gasteiger partial charge in [0.1, 0.15) is 0 Å². The number of rotatable bonds is 3. The highest BCUT2D eigenvalue weighted by atomic mass is 32.2. The van der Waals surface area contributed by atoms with Crippen LogP contribution >= 0.6 is 0 Å². The van der Waals surface area contributed by atoms with Crippen LogP contribution in [0, 0.1) is 0 Å². The number of sulfone groups is 1. The minimum atomic E-state index is -3.61. The predicted octanol–water partition coefficient (Wildman–Crippen LogP) is -0.569. The molecule has 1 aliphatic heterocycles. The molecule has 0 aliphatic carbocycles. The van der Waals surface area contributed by atoms with E-state index < -0.39 is 21.7 Å². The first-order valence-electron chi connectivity index (χ1n) is 7.17. The van der Waals surface area contributed by atoms with Gasteiger partial charge in [-0.1, -0.05) is 0 Å². The molecule has 2 rings (SSSR count). The van der Waals surface area contributed by atoms with Crippen molar-refractivity contribution in [1.29, 1.82) is 0 Å². The van der Waals surface area contributed by atoms with E-state index in [2.05, 4.69) is 4.99 Å². The molecule has 1 fully saturated rings. The van der Waals surface area contributed by atoms with Gasteiger partial charge in [0.15, 0.2) is 15.8 Å². The van der Waals surface area contributed by atoms with Crippen molar-refractivity contribution < 1.29 is 13.2 Å². The standard InChI is InChI=1S/C14H21N5O3S/c1-23(21,22)12-8-10(19-6-4-9(15)5-7-19)2-3-11(12)13(20)18-14(16)17/h2-3,8-9H,4-7,15H2,1H3,(H4,16,17,18,20). The number of hydrogen-bond donors (Lipinski definition) is 3. The van der Waals surface area contributed by atoms with Crippen molar-refractivity contribution in [2.75, 3.05) is 24.2 Å². The van der Waals surface area contributed by atoms with Crippen molar-refractivity contribution >= 4 is 27.4 Å². The molecule has 0 radical (unpaired) electrons. The molecule has 1 saturated heterocycles. The molecule has 0 saturated carbocycles. The van der Waals surface area contributed by atoms with E-state index in [0.29, 0.717) is 0 Å². The van der Waals surface area contributed by atoms with Crippen molar-refractivity contribution in [3.8, 4) is 0 Å². The monoisotopic (exact) mass is 339 g/mol. The zero-order chi connectivity index (χ0) is 17.2. The van der Waals surface area contributed by atoms with Gasteiger partial charge in [0.2, 0.25) is 0 Å². The minimum absolute atomic E-state index is 0.0432. The molecule has 8 nitrogen and oxygen atoms in total. The summed E-state index contributed by atoms with van der Waals surface area (Å²) in [5, 5.41) is 0. The fourth-order valence-corrected chi connectivity index (χ4v) is 3.42. The Hall–Kier alpha value is -2.13. The molecule has 1 heterocycles. The van der Waals surface area contributed by atoms with Crippen molar-refractivity contribution in [3.63, 3.8) is 0 Å². The SMILES string of the molecule is CS(=O)(=O)c1cc(N2CCC(N)CC2)ccc1C(=O)N=C(N)N. The van der Waals surface area contributed by atoms with Gasteiger partial charge >= 0.3 is 0 Å². The molecule has 0 unspecified atom stereocenters. The second-order valence-corrected chi connectivity index (χ2v) is 7.60. The van der Waals surface area contributed by atoms with Crippen LogP contribution in [0.2, 0.25) is 0 Å². The average molecular weight is 339 g/mol. The fraction of sp³-hybridized carbons (Fsp3) is 0.429. The molecule has 1 aliphatic rings. The van der Waals surface area contributed by atoms with Gasteiger partial charge in [-0.2, -0.15) is 4.99 Å². The van der Waals surface area contributed by atoms with Crippen LogP contribution in [0.5, 0.6) is 0 Å². The van der Waals surface area contributed by atoms with Gasteiger partial charge in [0, 0.05) is 31.1 Å². The summed E-state index contributed by atoms with van der Waals surface area (Å²) in [7, 11) is -3.61. The van der Waals surface area contributed by atoms with E-state index in [1.807, 2.05) is 4.90 Å². The number of benzene rings is 1. The molecule has 23 heavy (non-hydrogen) atoms. The van der Waals surface area contributed by atoms with Crippen molar-refractivity contribution in [2.24, 2.45) is 22.2 Å². The molecule has 0 aromatic heterocycles. The number of carbonyl (C=O) groups excluding carboxylic acids is 1. The van der Waals surface area contributed by atoms with E-state index in [1.165, 1.54) is 12.1 Å². The van der Waals surface area contributed by atoms with Crippen LogP contribution in [0.3, 0.4) is 0 Å². The first kappa shape index (κ1) is 17.2. The lowest BCUT2D eigenvalue weighted by Gasteiger charge is -2.32. The number of anilines is 1. The van der Waals surface area contributed by atoms with Crippen LogP contribution in [0.1, 0.15) is 23.2 Å². The lowest BCUT2D eigenvalue weighted by Crippen LogP contribution is -2.39. The maximum Gasteiger partial charge on any atom is 0.281 e. The van der Waals surface area contributed by atoms with Crippen molar-refractivity contribution in [1.82, 2.24) is 0 Å². The van der Waals surface area contributed by atoms with Crippen LogP contribution in [0.15, 0.2) is 28.1 Å². The highest BCUT2D eigenvalue weighted by molar-refractivity contribution is 7.90. The molecular formula is C14H21N5O3S. The van der Waals surface area contributed by atoms with Gasteiger partial charge in [0.25, 0.3) is 5.91 Å². The number of nitrogens with two attached hydrogens (primary N) is 3. The molecule has 9 heteroatoms. The zero-order valence-corrected chi connectivity index (χ0v) is 13.7. The molecule has 0 bridgehead atoms. The van der Waals surface area contributed by atoms with Gasteiger partial charge in [-0.15, -0.1) is 0 Å². The van der Waals surface area contributed by atoms with Gasteiger partial charge in [0.05, 0.1) is 10.5 Å². The van der Waals surface area contributed by atoms with Crippen LogP contribution in [-0.4, -0.2) is 45.7 Å². The van der Waals surface area contributed by atoms with Crippen LogP contribution in [0.25, 0.3) is 0 Å². The minimum Gasteiger partial charge on any atom is -0.371 e. The van der Waals surface area contributed by atoms with E-state index in [9.17, 15) is 13.2 Å². The smallest absolute Gasteiger partial charge is 0.281 e. The third kappa shape index (κ3) is 4.20. The number of piperidine rings is 1. The summed E-state index contributed by atoms with van der Waals surface area (Å²) in [6.07, 6.45) is 2.72. The number of guanidine groups is 1. The second-order valence-electron chi connectivity index (χ2n) is 5.62. The average Bonchev–Trinajstić information content (AvgIpc) is 2.46. The van der Waals surface area contributed by atoms with E-state index in [0.717, 1.165) is 37.9 Å². The number of carbonyl (C=O) groups is 1. The number of nitrogens with zero attached hydrogens (tertiary/aromatic N) is 2. The Balaban J connectivity index is 2.43. The molecule has 0 atom stereocenters. The molecule has 1 aromatic carbocycles. The Morgan fingerprint density at radius 3 is 2.39 bits per heavy atom. The Bertz CT molecular complexity index is 733. The Morgan fingerprint density at radius 1 is 1.26 bits per heavy atom.